The van der Waals surface area contributed by atoms with Crippen LogP contribution >= 0.6 is 11.3 Å². The highest BCUT2D eigenvalue weighted by atomic mass is 32.1. The third-order valence-corrected chi connectivity index (χ3v) is 5.67. The zero-order chi connectivity index (χ0) is 23.1. The molecule has 0 spiro atoms. The topological polar surface area (TPSA) is 76.4 Å². The van der Waals surface area contributed by atoms with Gasteiger partial charge in [-0.25, -0.2) is 4.98 Å². The van der Waals surface area contributed by atoms with E-state index in [1.807, 2.05) is 5.38 Å². The number of anilines is 1. The molecule has 3 rings (SSSR count). The van der Waals surface area contributed by atoms with Gasteiger partial charge < -0.3 is 19.5 Å². The first kappa shape index (κ1) is 23.2. The molecular formula is C25H27N3O3S. The van der Waals surface area contributed by atoms with Crippen molar-refractivity contribution < 1.29 is 14.2 Å². The molecule has 1 aromatic heterocycles. The van der Waals surface area contributed by atoms with Crippen molar-refractivity contribution in [2.45, 2.75) is 20.3 Å². The molecule has 6 nitrogen and oxygen atoms in total. The average Bonchev–Trinajstić information content (AvgIpc) is 3.28. The molecule has 1 N–H and O–H groups in total. The van der Waals surface area contributed by atoms with E-state index >= 15 is 0 Å². The number of ether oxygens (including phenoxy) is 3. The molecule has 0 aliphatic rings. The van der Waals surface area contributed by atoms with Crippen molar-refractivity contribution in [3.05, 3.63) is 58.5 Å². The van der Waals surface area contributed by atoms with Gasteiger partial charge in [0.15, 0.2) is 11.5 Å². The van der Waals surface area contributed by atoms with Crippen LogP contribution in [-0.2, 0) is 6.42 Å². The standard InChI is InChI=1S/C25H27N3O3S/c1-16(2)10-17-6-8-18(9-7-17)21-15-32-25(28-21)19(13-26)14-27-20-11-22(29-3)24(31-5)23(12-20)30-4/h6-9,11-12,14-16,27H,10H2,1-5H3/b19-14+. The SMILES string of the molecule is COc1cc(N/C=C(\C#N)c2nc(-c3ccc(CC(C)C)cc3)cs2)cc(OC)c1OC. The number of aromatic nitrogens is 1. The van der Waals surface area contributed by atoms with E-state index in [-0.39, 0.29) is 0 Å². The number of hydrogen-bond acceptors (Lipinski definition) is 7. The first-order valence-corrected chi connectivity index (χ1v) is 11.1. The van der Waals surface area contributed by atoms with Gasteiger partial charge in [0.05, 0.1) is 27.0 Å². The van der Waals surface area contributed by atoms with Crippen LogP contribution in [0.5, 0.6) is 17.2 Å². The number of nitrogens with one attached hydrogen (secondary N) is 1. The second-order valence-electron chi connectivity index (χ2n) is 7.56. The van der Waals surface area contributed by atoms with Crippen molar-refractivity contribution in [3.63, 3.8) is 0 Å². The van der Waals surface area contributed by atoms with Gasteiger partial charge >= 0.3 is 0 Å². The molecule has 0 amide bonds. The number of nitriles is 1. The van der Waals surface area contributed by atoms with E-state index in [9.17, 15) is 5.26 Å². The van der Waals surface area contributed by atoms with E-state index in [0.717, 1.165) is 17.7 Å². The van der Waals surface area contributed by atoms with E-state index in [1.54, 1.807) is 39.7 Å². The summed E-state index contributed by atoms with van der Waals surface area (Å²) in [7, 11) is 4.67. The number of methoxy groups -OCH3 is 3. The Morgan fingerprint density at radius 1 is 1.09 bits per heavy atom. The van der Waals surface area contributed by atoms with Gasteiger partial charge in [-0.2, -0.15) is 5.26 Å². The highest BCUT2D eigenvalue weighted by Crippen LogP contribution is 2.40. The fourth-order valence-electron chi connectivity index (χ4n) is 3.27. The van der Waals surface area contributed by atoms with E-state index in [2.05, 4.69) is 54.5 Å². The molecule has 0 saturated carbocycles. The first-order valence-electron chi connectivity index (χ1n) is 10.2. The van der Waals surface area contributed by atoms with Crippen LogP contribution in [0.3, 0.4) is 0 Å². The maximum absolute atomic E-state index is 9.68. The van der Waals surface area contributed by atoms with Gasteiger partial charge in [-0.05, 0) is 17.9 Å². The Hall–Kier alpha value is -3.50. The zero-order valence-electron chi connectivity index (χ0n) is 18.9. The van der Waals surface area contributed by atoms with Gasteiger partial charge in [-0.3, -0.25) is 0 Å². The quantitative estimate of drug-likeness (QED) is 0.403. The number of allylic oxidation sites excluding steroid dienone is 1. The van der Waals surface area contributed by atoms with Crippen LogP contribution < -0.4 is 19.5 Å². The minimum absolute atomic E-state index is 0.437. The molecule has 166 valence electrons. The van der Waals surface area contributed by atoms with Crippen molar-refractivity contribution in [1.82, 2.24) is 4.98 Å². The molecule has 32 heavy (non-hydrogen) atoms. The lowest BCUT2D eigenvalue weighted by molar-refractivity contribution is 0.324. The number of benzene rings is 2. The van der Waals surface area contributed by atoms with Crippen LogP contribution in [-0.4, -0.2) is 26.3 Å². The summed E-state index contributed by atoms with van der Waals surface area (Å²) >= 11 is 1.44. The molecule has 0 saturated heterocycles. The summed E-state index contributed by atoms with van der Waals surface area (Å²) in [6.07, 6.45) is 2.69. The predicted molar refractivity (Wildman–Crippen MR) is 129 cm³/mol. The Kier molecular flexibility index (Phi) is 7.74. The maximum Gasteiger partial charge on any atom is 0.203 e. The summed E-state index contributed by atoms with van der Waals surface area (Å²) in [5.41, 5.74) is 4.34. The highest BCUT2D eigenvalue weighted by molar-refractivity contribution is 7.11. The molecule has 0 unspecified atom stereocenters. The van der Waals surface area contributed by atoms with Gasteiger partial charge in [0.1, 0.15) is 16.6 Å². The number of hydrogen-bond donors (Lipinski definition) is 1. The lowest BCUT2D eigenvalue weighted by atomic mass is 10.0. The molecule has 0 fully saturated rings. The number of nitrogens with zero attached hydrogens (tertiary/aromatic N) is 2. The zero-order valence-corrected chi connectivity index (χ0v) is 19.7. The lowest BCUT2D eigenvalue weighted by Crippen LogP contribution is -1.98. The second kappa shape index (κ2) is 10.7. The summed E-state index contributed by atoms with van der Waals surface area (Å²) in [5.74, 6) is 2.18. The summed E-state index contributed by atoms with van der Waals surface area (Å²) in [5, 5.41) is 15.4. The minimum Gasteiger partial charge on any atom is -0.493 e. The fraction of sp³-hybridized carbons (Fsp3) is 0.280. The van der Waals surface area contributed by atoms with Crippen molar-refractivity contribution >= 4 is 22.6 Å². The molecule has 0 radical (unpaired) electrons. The number of rotatable bonds is 9. The Bertz CT molecular complexity index is 1100. The normalized spacial score (nSPS) is 11.2. The van der Waals surface area contributed by atoms with Crippen molar-refractivity contribution in [3.8, 4) is 34.6 Å². The van der Waals surface area contributed by atoms with Crippen molar-refractivity contribution in [2.75, 3.05) is 26.6 Å². The highest BCUT2D eigenvalue weighted by Gasteiger charge is 2.14. The van der Waals surface area contributed by atoms with Gasteiger partial charge in [0, 0.05) is 35.0 Å². The largest absolute Gasteiger partial charge is 0.493 e. The Labute approximate surface area is 193 Å². The van der Waals surface area contributed by atoms with E-state index in [0.29, 0.717) is 39.4 Å². The molecule has 0 bridgehead atoms. The molecule has 7 heteroatoms. The van der Waals surface area contributed by atoms with Gasteiger partial charge in [0.25, 0.3) is 0 Å². The first-order chi connectivity index (χ1) is 15.5. The van der Waals surface area contributed by atoms with Crippen molar-refractivity contribution in [1.29, 1.82) is 5.26 Å². The summed E-state index contributed by atoms with van der Waals surface area (Å²) in [6, 6.07) is 14.2. The van der Waals surface area contributed by atoms with Gasteiger partial charge in [-0.1, -0.05) is 38.1 Å². The summed E-state index contributed by atoms with van der Waals surface area (Å²) in [4.78, 5) is 4.67. The third kappa shape index (κ3) is 5.40. The Morgan fingerprint density at radius 2 is 1.75 bits per heavy atom. The third-order valence-electron chi connectivity index (χ3n) is 4.80. The predicted octanol–water partition coefficient (Wildman–Crippen LogP) is 6.01. The Balaban J connectivity index is 1.81. The Morgan fingerprint density at radius 3 is 2.28 bits per heavy atom. The van der Waals surface area contributed by atoms with Crippen LogP contribution in [0.1, 0.15) is 24.4 Å². The van der Waals surface area contributed by atoms with Crippen LogP contribution in [0.2, 0.25) is 0 Å². The van der Waals surface area contributed by atoms with Crippen molar-refractivity contribution in [2.24, 2.45) is 5.92 Å². The molecule has 0 atom stereocenters. The van der Waals surface area contributed by atoms with E-state index < -0.39 is 0 Å². The molecule has 1 heterocycles. The minimum atomic E-state index is 0.437. The molecule has 2 aromatic carbocycles. The lowest BCUT2D eigenvalue weighted by Gasteiger charge is -2.14. The average molecular weight is 450 g/mol. The molecule has 0 aliphatic heterocycles. The van der Waals surface area contributed by atoms with E-state index in [1.165, 1.54) is 16.9 Å². The van der Waals surface area contributed by atoms with Gasteiger partial charge in [0.2, 0.25) is 5.75 Å². The van der Waals surface area contributed by atoms with Crippen LogP contribution in [0.15, 0.2) is 48.0 Å². The van der Waals surface area contributed by atoms with E-state index in [4.69, 9.17) is 14.2 Å². The monoisotopic (exact) mass is 449 g/mol. The van der Waals surface area contributed by atoms with Gasteiger partial charge in [-0.15, -0.1) is 11.3 Å². The molecule has 0 aliphatic carbocycles. The van der Waals surface area contributed by atoms with Crippen LogP contribution in [0.4, 0.5) is 5.69 Å². The second-order valence-corrected chi connectivity index (χ2v) is 8.42. The fourth-order valence-corrected chi connectivity index (χ4v) is 4.07. The maximum atomic E-state index is 9.68. The molecular weight excluding hydrogens is 422 g/mol. The summed E-state index contributed by atoms with van der Waals surface area (Å²) < 4.78 is 16.1. The number of thiazole rings is 1. The smallest absolute Gasteiger partial charge is 0.203 e. The molecule has 3 aromatic rings. The van der Waals surface area contributed by atoms with Crippen LogP contribution in [0.25, 0.3) is 16.8 Å². The summed E-state index contributed by atoms with van der Waals surface area (Å²) in [6.45, 7) is 4.42. The van der Waals surface area contributed by atoms with Crippen LogP contribution in [0, 0.1) is 17.2 Å².